The molecule has 140 valence electrons. The van der Waals surface area contributed by atoms with E-state index in [0.717, 1.165) is 16.8 Å². The van der Waals surface area contributed by atoms with Gasteiger partial charge >= 0.3 is 6.18 Å². The molecule has 0 fully saturated rings. The Balaban J connectivity index is 2.53. The van der Waals surface area contributed by atoms with Crippen molar-refractivity contribution < 1.29 is 22.7 Å². The predicted octanol–water partition coefficient (Wildman–Crippen LogP) is 2.32. The average Bonchev–Trinajstić information content (AvgIpc) is 2.54. The molecule has 1 amide bonds. The third-order valence-electron chi connectivity index (χ3n) is 3.55. The topological polar surface area (TPSA) is 73.2 Å². The van der Waals surface area contributed by atoms with Crippen LogP contribution in [0, 0.1) is 6.92 Å². The van der Waals surface area contributed by atoms with Crippen LogP contribution in [0.3, 0.4) is 0 Å². The molecule has 1 aromatic heterocycles. The van der Waals surface area contributed by atoms with Gasteiger partial charge in [-0.1, -0.05) is 12.1 Å². The molecule has 2 rings (SSSR count). The molecular weight excluding hydrogens is 351 g/mol. The van der Waals surface area contributed by atoms with Crippen molar-refractivity contribution in [2.24, 2.45) is 0 Å². The molecule has 1 atom stereocenters. The van der Waals surface area contributed by atoms with Crippen molar-refractivity contribution in [3.05, 3.63) is 57.5 Å². The van der Waals surface area contributed by atoms with Crippen LogP contribution in [0.5, 0.6) is 0 Å². The lowest BCUT2D eigenvalue weighted by Gasteiger charge is -2.17. The summed E-state index contributed by atoms with van der Waals surface area (Å²) in [4.78, 5) is 24.4. The number of aryl methyl sites for hydroxylation is 1. The van der Waals surface area contributed by atoms with E-state index in [-0.39, 0.29) is 18.0 Å². The van der Waals surface area contributed by atoms with Gasteiger partial charge in [0.1, 0.15) is 0 Å². The Morgan fingerprint density at radius 2 is 2.00 bits per heavy atom. The van der Waals surface area contributed by atoms with Crippen molar-refractivity contribution in [3.8, 4) is 5.69 Å². The quantitative estimate of drug-likeness (QED) is 0.878. The summed E-state index contributed by atoms with van der Waals surface area (Å²) in [6.07, 6.45) is -4.61. The van der Waals surface area contributed by atoms with Crippen LogP contribution in [-0.2, 0) is 10.9 Å². The first-order valence-electron chi connectivity index (χ1n) is 7.72. The van der Waals surface area contributed by atoms with Crippen molar-refractivity contribution in [1.29, 1.82) is 0 Å². The predicted molar refractivity (Wildman–Crippen MR) is 88.4 cm³/mol. The Morgan fingerprint density at radius 3 is 2.62 bits per heavy atom. The van der Waals surface area contributed by atoms with E-state index in [2.05, 4.69) is 10.4 Å². The van der Waals surface area contributed by atoms with Gasteiger partial charge in [-0.25, -0.2) is 4.68 Å². The number of carbonyl (C=O) groups excluding carboxylic acids is 1. The van der Waals surface area contributed by atoms with Crippen LogP contribution in [0.4, 0.5) is 13.2 Å². The molecule has 0 aliphatic rings. The number of methoxy groups -OCH3 is 1. The van der Waals surface area contributed by atoms with Gasteiger partial charge in [0, 0.05) is 24.9 Å². The molecule has 26 heavy (non-hydrogen) atoms. The lowest BCUT2D eigenvalue weighted by Crippen LogP contribution is -2.39. The number of halogens is 3. The minimum absolute atomic E-state index is 0.174. The van der Waals surface area contributed by atoms with Gasteiger partial charge in [0.05, 0.1) is 17.9 Å². The molecule has 0 bridgehead atoms. The van der Waals surface area contributed by atoms with E-state index in [1.807, 2.05) is 0 Å². The number of nitrogens with zero attached hydrogens (tertiary/aromatic N) is 2. The fourth-order valence-corrected chi connectivity index (χ4v) is 2.43. The number of aromatic nitrogens is 2. The standard InChI is InChI=1S/C17H18F3N3O3/c1-10(9-26-3)21-16(25)15-14(24)8-11(2)23(22-15)13-7-5-4-6-12(13)17(18,19)20/h4-8,10H,9H2,1-3H3,(H,21,25). The van der Waals surface area contributed by atoms with Crippen LogP contribution in [0.25, 0.3) is 5.69 Å². The summed E-state index contributed by atoms with van der Waals surface area (Å²) in [5.41, 5.74) is -2.18. The van der Waals surface area contributed by atoms with Gasteiger partial charge in [-0.05, 0) is 26.0 Å². The van der Waals surface area contributed by atoms with Crippen LogP contribution in [-0.4, -0.2) is 35.4 Å². The fourth-order valence-electron chi connectivity index (χ4n) is 2.43. The number of carbonyl (C=O) groups is 1. The monoisotopic (exact) mass is 369 g/mol. The normalized spacial score (nSPS) is 12.7. The van der Waals surface area contributed by atoms with Crippen LogP contribution >= 0.6 is 0 Å². The summed E-state index contributed by atoms with van der Waals surface area (Å²) in [6, 6.07) is 5.49. The Bertz CT molecular complexity index is 862. The third kappa shape index (κ3) is 4.29. The molecule has 0 saturated carbocycles. The van der Waals surface area contributed by atoms with Crippen molar-refractivity contribution in [2.45, 2.75) is 26.1 Å². The van der Waals surface area contributed by atoms with E-state index in [1.165, 1.54) is 32.2 Å². The fraction of sp³-hybridized carbons (Fsp3) is 0.353. The maximum absolute atomic E-state index is 13.3. The second-order valence-electron chi connectivity index (χ2n) is 5.76. The number of para-hydroxylation sites is 1. The minimum Gasteiger partial charge on any atom is -0.383 e. The van der Waals surface area contributed by atoms with Crippen LogP contribution in [0.1, 0.15) is 28.7 Å². The summed E-state index contributed by atoms with van der Waals surface area (Å²) in [7, 11) is 1.45. The van der Waals surface area contributed by atoms with Gasteiger partial charge in [0.15, 0.2) is 5.69 Å². The molecule has 9 heteroatoms. The van der Waals surface area contributed by atoms with Crippen LogP contribution in [0.15, 0.2) is 35.1 Å². The van der Waals surface area contributed by atoms with Crippen molar-refractivity contribution >= 4 is 5.91 Å². The highest BCUT2D eigenvalue weighted by molar-refractivity contribution is 5.92. The van der Waals surface area contributed by atoms with Crippen LogP contribution in [0.2, 0.25) is 0 Å². The first-order valence-corrected chi connectivity index (χ1v) is 7.72. The Labute approximate surface area is 147 Å². The highest BCUT2D eigenvalue weighted by atomic mass is 19.4. The van der Waals surface area contributed by atoms with Crippen molar-refractivity contribution in [1.82, 2.24) is 15.1 Å². The van der Waals surface area contributed by atoms with Crippen molar-refractivity contribution in [2.75, 3.05) is 13.7 Å². The first-order chi connectivity index (χ1) is 12.1. The lowest BCUT2D eigenvalue weighted by atomic mass is 10.1. The van der Waals surface area contributed by atoms with Gasteiger partial charge in [-0.15, -0.1) is 0 Å². The van der Waals surface area contributed by atoms with E-state index >= 15 is 0 Å². The largest absolute Gasteiger partial charge is 0.418 e. The minimum atomic E-state index is -4.61. The molecule has 0 radical (unpaired) electrons. The molecule has 1 N–H and O–H groups in total. The van der Waals surface area contributed by atoms with E-state index in [0.29, 0.717) is 0 Å². The maximum atomic E-state index is 13.3. The zero-order valence-corrected chi connectivity index (χ0v) is 14.4. The smallest absolute Gasteiger partial charge is 0.383 e. The first kappa shape index (κ1) is 19.6. The number of amides is 1. The molecule has 1 aromatic carbocycles. The van der Waals surface area contributed by atoms with Gasteiger partial charge in [-0.3, -0.25) is 9.59 Å². The summed E-state index contributed by atoms with van der Waals surface area (Å²) in [5.74, 6) is -0.780. The second kappa shape index (κ2) is 7.69. The number of hydrogen-bond donors (Lipinski definition) is 1. The van der Waals surface area contributed by atoms with E-state index < -0.39 is 34.8 Å². The zero-order chi connectivity index (χ0) is 19.5. The van der Waals surface area contributed by atoms with Crippen molar-refractivity contribution in [3.63, 3.8) is 0 Å². The molecule has 6 nitrogen and oxygen atoms in total. The van der Waals surface area contributed by atoms with Gasteiger partial charge in [-0.2, -0.15) is 18.3 Å². The molecular formula is C17H18F3N3O3. The molecule has 0 saturated heterocycles. The summed E-state index contributed by atoms with van der Waals surface area (Å²) in [5, 5.41) is 6.40. The molecule has 1 heterocycles. The lowest BCUT2D eigenvalue weighted by molar-refractivity contribution is -0.137. The van der Waals surface area contributed by atoms with Gasteiger partial charge in [0.2, 0.25) is 5.43 Å². The van der Waals surface area contributed by atoms with Crippen LogP contribution < -0.4 is 10.7 Å². The highest BCUT2D eigenvalue weighted by Gasteiger charge is 2.34. The number of nitrogens with one attached hydrogen (secondary N) is 1. The number of hydrogen-bond acceptors (Lipinski definition) is 4. The third-order valence-corrected chi connectivity index (χ3v) is 3.55. The molecule has 0 aliphatic carbocycles. The number of rotatable bonds is 5. The molecule has 0 spiro atoms. The second-order valence-corrected chi connectivity index (χ2v) is 5.76. The van der Waals surface area contributed by atoms with Gasteiger partial charge in [0.25, 0.3) is 5.91 Å². The molecule has 1 unspecified atom stereocenters. The zero-order valence-electron chi connectivity index (χ0n) is 14.4. The summed E-state index contributed by atoms with van der Waals surface area (Å²) < 4.78 is 45.6. The number of alkyl halides is 3. The summed E-state index contributed by atoms with van der Waals surface area (Å²) in [6.45, 7) is 3.31. The highest BCUT2D eigenvalue weighted by Crippen LogP contribution is 2.33. The van der Waals surface area contributed by atoms with E-state index in [4.69, 9.17) is 4.74 Å². The van der Waals surface area contributed by atoms with E-state index in [9.17, 15) is 22.8 Å². The summed E-state index contributed by atoms with van der Waals surface area (Å²) >= 11 is 0. The Hall–Kier alpha value is -2.68. The Kier molecular flexibility index (Phi) is 5.81. The number of ether oxygens (including phenoxy) is 1. The average molecular weight is 369 g/mol. The Morgan fingerprint density at radius 1 is 1.35 bits per heavy atom. The molecule has 0 aliphatic heterocycles. The SMILES string of the molecule is COCC(C)NC(=O)c1nn(-c2ccccc2C(F)(F)F)c(C)cc1=O. The van der Waals surface area contributed by atoms with E-state index in [1.54, 1.807) is 6.92 Å². The number of benzene rings is 1. The maximum Gasteiger partial charge on any atom is 0.418 e. The van der Waals surface area contributed by atoms with Gasteiger partial charge < -0.3 is 10.1 Å². The molecule has 2 aromatic rings.